The lowest BCUT2D eigenvalue weighted by molar-refractivity contribution is -0.295. The van der Waals surface area contributed by atoms with Crippen LogP contribution >= 0.6 is 0 Å². The summed E-state index contributed by atoms with van der Waals surface area (Å²) in [6.07, 6.45) is 1.24. The SMILES string of the molecule is O=C([O-])C(=Cc1cccc(N([O-])O)c1)c1cccc(N(O)O)c1. The first kappa shape index (κ1) is 16.5. The third-order valence-corrected chi connectivity index (χ3v) is 3.01. The van der Waals surface area contributed by atoms with Crippen molar-refractivity contribution in [1.82, 2.24) is 0 Å². The van der Waals surface area contributed by atoms with E-state index in [9.17, 15) is 15.1 Å². The van der Waals surface area contributed by atoms with Crippen LogP contribution in [0.15, 0.2) is 48.5 Å². The Balaban J connectivity index is 2.48. The minimum Gasteiger partial charge on any atom is -0.733 e. The molecular formula is C15H12N2O6-2. The van der Waals surface area contributed by atoms with E-state index in [-0.39, 0.29) is 33.0 Å². The highest BCUT2D eigenvalue weighted by Gasteiger charge is 2.07. The van der Waals surface area contributed by atoms with E-state index in [1.54, 1.807) is 0 Å². The summed E-state index contributed by atoms with van der Waals surface area (Å²) in [4.78, 5) is 11.4. The van der Waals surface area contributed by atoms with E-state index in [1.807, 2.05) is 0 Å². The molecule has 0 aliphatic rings. The van der Waals surface area contributed by atoms with Gasteiger partial charge in [-0.25, -0.2) is 0 Å². The average Bonchev–Trinajstić information content (AvgIpc) is 2.52. The van der Waals surface area contributed by atoms with Crippen LogP contribution in [0, 0.1) is 5.21 Å². The van der Waals surface area contributed by atoms with Crippen LogP contribution in [0.2, 0.25) is 0 Å². The first-order valence-corrected chi connectivity index (χ1v) is 6.36. The second-order valence-electron chi connectivity index (χ2n) is 4.55. The molecule has 2 rings (SSSR count). The molecule has 0 atom stereocenters. The summed E-state index contributed by atoms with van der Waals surface area (Å²) in [7, 11) is 0. The fraction of sp³-hybridized carbons (Fsp3) is 0. The van der Waals surface area contributed by atoms with Crippen LogP contribution in [-0.4, -0.2) is 21.6 Å². The van der Waals surface area contributed by atoms with Gasteiger partial charge >= 0.3 is 0 Å². The normalized spacial score (nSPS) is 11.2. The predicted octanol–water partition coefficient (Wildman–Crippen LogP) is 1.26. The second-order valence-corrected chi connectivity index (χ2v) is 4.55. The third kappa shape index (κ3) is 4.05. The van der Waals surface area contributed by atoms with Crippen molar-refractivity contribution >= 4 is 29.0 Å². The molecule has 0 saturated carbocycles. The fourth-order valence-electron chi connectivity index (χ4n) is 1.96. The van der Waals surface area contributed by atoms with E-state index in [4.69, 9.17) is 15.6 Å². The highest BCUT2D eigenvalue weighted by atomic mass is 16.8. The van der Waals surface area contributed by atoms with Crippen molar-refractivity contribution in [2.75, 3.05) is 10.5 Å². The summed E-state index contributed by atoms with van der Waals surface area (Å²) in [5.74, 6) is -1.49. The maximum absolute atomic E-state index is 11.4. The van der Waals surface area contributed by atoms with Crippen LogP contribution in [0.3, 0.4) is 0 Å². The molecule has 3 N–H and O–H groups in total. The fourth-order valence-corrected chi connectivity index (χ4v) is 1.96. The van der Waals surface area contributed by atoms with E-state index < -0.39 is 5.97 Å². The number of carbonyl (C=O) groups is 1. The predicted molar refractivity (Wildman–Crippen MR) is 79.4 cm³/mol. The monoisotopic (exact) mass is 316 g/mol. The Labute approximate surface area is 130 Å². The smallest absolute Gasteiger partial charge is 0.0948 e. The second kappa shape index (κ2) is 6.90. The molecule has 0 fully saturated rings. The maximum atomic E-state index is 11.4. The standard InChI is InChI=1S/C15H13N2O6/c18-15(19)14(11-4-2-6-13(9-11)17(22)23)8-10-3-1-5-12(7-10)16(20)21/h1-9,20,22-23H,(H,18,19)/q-1/p-1. The van der Waals surface area contributed by atoms with Gasteiger partial charge in [0, 0.05) is 5.57 Å². The number of rotatable bonds is 5. The molecule has 2 aromatic rings. The van der Waals surface area contributed by atoms with Gasteiger partial charge in [0.05, 0.1) is 17.3 Å². The molecule has 8 nitrogen and oxygen atoms in total. The minimum absolute atomic E-state index is 0.0375. The topological polar surface area (TPSA) is 130 Å². The molecule has 0 amide bonds. The Morgan fingerprint density at radius 3 is 2.26 bits per heavy atom. The van der Waals surface area contributed by atoms with Crippen molar-refractivity contribution in [3.63, 3.8) is 0 Å². The van der Waals surface area contributed by atoms with Crippen LogP contribution in [0.5, 0.6) is 0 Å². The van der Waals surface area contributed by atoms with E-state index >= 15 is 0 Å². The van der Waals surface area contributed by atoms with Crippen molar-refractivity contribution in [3.8, 4) is 0 Å². The van der Waals surface area contributed by atoms with Gasteiger partial charge in [0.25, 0.3) is 0 Å². The zero-order valence-electron chi connectivity index (χ0n) is 11.7. The molecule has 0 radical (unpaired) electrons. The number of nitrogens with zero attached hydrogens (tertiary/aromatic N) is 2. The van der Waals surface area contributed by atoms with Crippen molar-refractivity contribution < 1.29 is 25.5 Å². The van der Waals surface area contributed by atoms with Gasteiger partial charge < -0.3 is 20.3 Å². The number of carboxylic acids is 1. The van der Waals surface area contributed by atoms with Gasteiger partial charge in [-0.2, -0.15) is 0 Å². The van der Waals surface area contributed by atoms with Crippen molar-refractivity contribution in [2.45, 2.75) is 0 Å². The summed E-state index contributed by atoms with van der Waals surface area (Å²) in [5, 5.41) is 48.6. The molecule has 0 saturated heterocycles. The lowest BCUT2D eigenvalue weighted by Crippen LogP contribution is -2.23. The zero-order chi connectivity index (χ0) is 17.0. The molecule has 0 aliphatic heterocycles. The zero-order valence-corrected chi connectivity index (χ0v) is 11.7. The Morgan fingerprint density at radius 2 is 1.65 bits per heavy atom. The molecule has 0 aromatic heterocycles. The van der Waals surface area contributed by atoms with E-state index in [0.717, 1.165) is 0 Å². The molecule has 23 heavy (non-hydrogen) atoms. The molecule has 0 spiro atoms. The third-order valence-electron chi connectivity index (χ3n) is 3.01. The van der Waals surface area contributed by atoms with Gasteiger partial charge in [-0.05, 0) is 41.5 Å². The molecule has 120 valence electrons. The summed E-state index contributed by atoms with van der Waals surface area (Å²) in [5.41, 5.74) is 0.170. The first-order valence-electron chi connectivity index (χ1n) is 6.36. The van der Waals surface area contributed by atoms with Crippen LogP contribution < -0.4 is 15.6 Å². The minimum atomic E-state index is -1.49. The lowest BCUT2D eigenvalue weighted by atomic mass is 10.0. The van der Waals surface area contributed by atoms with E-state index in [2.05, 4.69) is 0 Å². The summed E-state index contributed by atoms with van der Waals surface area (Å²) >= 11 is 0. The number of aliphatic carboxylic acids is 1. The largest absolute Gasteiger partial charge is 0.733 e. The number of hydrogen-bond donors (Lipinski definition) is 3. The van der Waals surface area contributed by atoms with E-state index in [0.29, 0.717) is 5.56 Å². The molecule has 0 bridgehead atoms. The van der Waals surface area contributed by atoms with Gasteiger partial charge in [0.15, 0.2) is 0 Å². The van der Waals surface area contributed by atoms with Gasteiger partial charge in [0.2, 0.25) is 0 Å². The number of carboxylic acid groups (broad SMARTS) is 1. The van der Waals surface area contributed by atoms with Crippen molar-refractivity contribution in [2.24, 2.45) is 0 Å². The van der Waals surface area contributed by atoms with E-state index in [1.165, 1.54) is 54.6 Å². The van der Waals surface area contributed by atoms with Gasteiger partial charge in [-0.1, -0.05) is 24.3 Å². The van der Waals surface area contributed by atoms with Crippen LogP contribution in [-0.2, 0) is 4.79 Å². The first-order chi connectivity index (χ1) is 10.9. The van der Waals surface area contributed by atoms with Crippen LogP contribution in [0.4, 0.5) is 11.4 Å². The number of hydrogen-bond acceptors (Lipinski definition) is 8. The Bertz CT molecular complexity index is 742. The molecular weight excluding hydrogens is 304 g/mol. The molecule has 0 unspecified atom stereocenters. The quantitative estimate of drug-likeness (QED) is 0.427. The number of benzene rings is 2. The summed E-state index contributed by atoms with van der Waals surface area (Å²) in [6, 6.07) is 11.1. The van der Waals surface area contributed by atoms with Crippen LogP contribution in [0.25, 0.3) is 11.6 Å². The highest BCUT2D eigenvalue weighted by Crippen LogP contribution is 2.23. The Kier molecular flexibility index (Phi) is 4.94. The average molecular weight is 316 g/mol. The lowest BCUT2D eigenvalue weighted by Gasteiger charge is -2.21. The maximum Gasteiger partial charge on any atom is 0.0948 e. The molecule has 8 heteroatoms. The van der Waals surface area contributed by atoms with Gasteiger partial charge in [-0.3, -0.25) is 15.6 Å². The summed E-state index contributed by atoms with van der Waals surface area (Å²) < 4.78 is 0. The Hall–Kier alpha value is -2.91. The summed E-state index contributed by atoms with van der Waals surface area (Å²) in [6.45, 7) is 0. The van der Waals surface area contributed by atoms with Crippen molar-refractivity contribution in [3.05, 3.63) is 64.9 Å². The highest BCUT2D eigenvalue weighted by molar-refractivity contribution is 6.19. The van der Waals surface area contributed by atoms with Crippen LogP contribution in [0.1, 0.15) is 11.1 Å². The Morgan fingerprint density at radius 1 is 1.00 bits per heavy atom. The number of anilines is 2. The van der Waals surface area contributed by atoms with Gasteiger partial charge in [0.1, 0.15) is 0 Å². The molecule has 0 heterocycles. The molecule has 2 aromatic carbocycles. The molecule has 0 aliphatic carbocycles. The number of carbonyl (C=O) groups excluding carboxylic acids is 1. The van der Waals surface area contributed by atoms with Crippen molar-refractivity contribution in [1.29, 1.82) is 0 Å². The van der Waals surface area contributed by atoms with Gasteiger partial charge in [-0.15, -0.1) is 5.23 Å².